The number of hydrogen-bond acceptors (Lipinski definition) is 3. The van der Waals surface area contributed by atoms with Crippen LogP contribution in [0.2, 0.25) is 0 Å². The third kappa shape index (κ3) is 2.20. The molecule has 0 bridgehead atoms. The van der Waals surface area contributed by atoms with E-state index in [0.29, 0.717) is 11.7 Å². The van der Waals surface area contributed by atoms with Crippen molar-refractivity contribution >= 4 is 0 Å². The van der Waals surface area contributed by atoms with E-state index in [2.05, 4.69) is 4.90 Å². The fourth-order valence-electron chi connectivity index (χ4n) is 2.12. The first-order valence-electron chi connectivity index (χ1n) is 5.72. The van der Waals surface area contributed by atoms with E-state index >= 15 is 0 Å². The number of nitrogens with zero attached hydrogens (tertiary/aromatic N) is 1. The monoisotopic (exact) mass is 221 g/mol. The second-order valence-electron chi connectivity index (χ2n) is 5.07. The maximum Gasteiger partial charge on any atom is 0.115 e. The predicted molar refractivity (Wildman–Crippen MR) is 63.2 cm³/mol. The average Bonchev–Trinajstić information content (AvgIpc) is 2.14. The molecular weight excluding hydrogens is 202 g/mol. The molecule has 0 saturated carbocycles. The molecule has 1 aliphatic rings. The lowest BCUT2D eigenvalue weighted by Gasteiger charge is -2.49. The molecule has 2 N–H and O–H groups in total. The van der Waals surface area contributed by atoms with Gasteiger partial charge in [0.25, 0.3) is 0 Å². The Morgan fingerprint density at radius 2 is 2.06 bits per heavy atom. The van der Waals surface area contributed by atoms with Gasteiger partial charge in [-0.15, -0.1) is 0 Å². The van der Waals surface area contributed by atoms with Crippen LogP contribution in [0.3, 0.4) is 0 Å². The zero-order valence-corrected chi connectivity index (χ0v) is 9.85. The molecule has 1 aromatic carbocycles. The molecule has 1 aliphatic heterocycles. The summed E-state index contributed by atoms with van der Waals surface area (Å²) in [6, 6.07) is 7.28. The molecule has 0 aliphatic carbocycles. The van der Waals surface area contributed by atoms with Crippen LogP contribution in [0.15, 0.2) is 24.3 Å². The van der Waals surface area contributed by atoms with E-state index in [1.54, 1.807) is 12.1 Å². The van der Waals surface area contributed by atoms with Crippen LogP contribution in [0.5, 0.6) is 5.75 Å². The molecule has 1 fully saturated rings. The third-order valence-electron chi connectivity index (χ3n) is 3.39. The van der Waals surface area contributed by atoms with E-state index in [4.69, 9.17) is 0 Å². The Morgan fingerprint density at radius 3 is 2.62 bits per heavy atom. The quantitative estimate of drug-likeness (QED) is 0.814. The van der Waals surface area contributed by atoms with E-state index in [-0.39, 0.29) is 0 Å². The average molecular weight is 221 g/mol. The van der Waals surface area contributed by atoms with Crippen molar-refractivity contribution in [3.8, 4) is 5.75 Å². The first-order valence-corrected chi connectivity index (χ1v) is 5.72. The first kappa shape index (κ1) is 11.4. The number of rotatable bonds is 3. The fraction of sp³-hybridized carbons (Fsp3) is 0.538. The number of phenols is 1. The smallest absolute Gasteiger partial charge is 0.115 e. The zero-order chi connectivity index (χ0) is 11.8. The van der Waals surface area contributed by atoms with Gasteiger partial charge in [0.15, 0.2) is 0 Å². The van der Waals surface area contributed by atoms with Crippen LogP contribution >= 0.6 is 0 Å². The molecule has 0 radical (unpaired) electrons. The van der Waals surface area contributed by atoms with Crippen molar-refractivity contribution in [1.29, 1.82) is 0 Å². The SMILES string of the molecule is CC(C)C1(O)CN(Cc2cccc(O)c2)C1. The molecule has 1 aromatic rings. The zero-order valence-electron chi connectivity index (χ0n) is 9.85. The van der Waals surface area contributed by atoms with Gasteiger partial charge in [0.05, 0.1) is 5.60 Å². The highest BCUT2D eigenvalue weighted by atomic mass is 16.3. The van der Waals surface area contributed by atoms with Gasteiger partial charge in [-0.3, -0.25) is 4.90 Å². The van der Waals surface area contributed by atoms with Crippen LogP contribution < -0.4 is 0 Å². The molecule has 16 heavy (non-hydrogen) atoms. The highest BCUT2D eigenvalue weighted by molar-refractivity contribution is 5.27. The van der Waals surface area contributed by atoms with Crippen LogP contribution in [-0.4, -0.2) is 33.8 Å². The van der Waals surface area contributed by atoms with Crippen LogP contribution in [0.1, 0.15) is 19.4 Å². The van der Waals surface area contributed by atoms with Crippen LogP contribution in [0.4, 0.5) is 0 Å². The van der Waals surface area contributed by atoms with Crippen molar-refractivity contribution in [3.05, 3.63) is 29.8 Å². The third-order valence-corrected chi connectivity index (χ3v) is 3.39. The Morgan fingerprint density at radius 1 is 1.38 bits per heavy atom. The van der Waals surface area contributed by atoms with Crippen molar-refractivity contribution in [2.45, 2.75) is 26.0 Å². The number of β-amino-alcohol motifs (C(OH)–C–C–N with tert-alkyl or cyclic N) is 1. The maximum absolute atomic E-state index is 10.1. The van der Waals surface area contributed by atoms with E-state index in [1.165, 1.54) is 0 Å². The largest absolute Gasteiger partial charge is 0.508 e. The summed E-state index contributed by atoms with van der Waals surface area (Å²) in [7, 11) is 0. The number of likely N-dealkylation sites (tertiary alicyclic amines) is 1. The summed E-state index contributed by atoms with van der Waals surface area (Å²) in [6.07, 6.45) is 0. The summed E-state index contributed by atoms with van der Waals surface area (Å²) in [4.78, 5) is 2.19. The summed E-state index contributed by atoms with van der Waals surface area (Å²) < 4.78 is 0. The highest BCUT2D eigenvalue weighted by Gasteiger charge is 2.43. The van der Waals surface area contributed by atoms with Crippen LogP contribution in [0.25, 0.3) is 0 Å². The number of aromatic hydroxyl groups is 1. The van der Waals surface area contributed by atoms with Gasteiger partial charge in [0.1, 0.15) is 5.75 Å². The molecule has 0 amide bonds. The molecule has 88 valence electrons. The Hall–Kier alpha value is -1.06. The van der Waals surface area contributed by atoms with Crippen molar-refractivity contribution in [1.82, 2.24) is 4.90 Å². The van der Waals surface area contributed by atoms with Crippen molar-refractivity contribution < 1.29 is 10.2 Å². The minimum Gasteiger partial charge on any atom is -0.508 e. The Bertz CT molecular complexity index is 370. The summed E-state index contributed by atoms with van der Waals surface area (Å²) in [5.74, 6) is 0.602. The van der Waals surface area contributed by atoms with Gasteiger partial charge in [-0.25, -0.2) is 0 Å². The van der Waals surface area contributed by atoms with Gasteiger partial charge in [-0.05, 0) is 23.6 Å². The number of hydrogen-bond donors (Lipinski definition) is 2. The lowest BCUT2D eigenvalue weighted by Crippen LogP contribution is -2.63. The van der Waals surface area contributed by atoms with Crippen molar-refractivity contribution in [2.24, 2.45) is 5.92 Å². The van der Waals surface area contributed by atoms with Crippen molar-refractivity contribution in [2.75, 3.05) is 13.1 Å². The normalized spacial score (nSPS) is 19.8. The Labute approximate surface area is 96.3 Å². The minimum atomic E-state index is -0.517. The van der Waals surface area contributed by atoms with Crippen LogP contribution in [-0.2, 0) is 6.54 Å². The molecule has 1 saturated heterocycles. The first-order chi connectivity index (χ1) is 7.49. The number of phenolic OH excluding ortho intramolecular Hbond substituents is 1. The topological polar surface area (TPSA) is 43.7 Å². The van der Waals surface area contributed by atoms with Gasteiger partial charge < -0.3 is 10.2 Å². The second-order valence-corrected chi connectivity index (χ2v) is 5.07. The molecule has 3 nitrogen and oxygen atoms in total. The summed E-state index contributed by atoms with van der Waals surface area (Å²) in [5.41, 5.74) is 0.572. The summed E-state index contributed by atoms with van der Waals surface area (Å²) >= 11 is 0. The molecule has 0 spiro atoms. The molecule has 2 rings (SSSR count). The molecule has 1 heterocycles. The van der Waals surface area contributed by atoms with E-state index in [9.17, 15) is 10.2 Å². The maximum atomic E-state index is 10.1. The number of benzene rings is 1. The van der Waals surface area contributed by atoms with Gasteiger partial charge in [0.2, 0.25) is 0 Å². The molecule has 0 aromatic heterocycles. The van der Waals surface area contributed by atoms with Crippen LogP contribution in [0, 0.1) is 5.92 Å². The van der Waals surface area contributed by atoms with Gasteiger partial charge in [-0.2, -0.15) is 0 Å². The molecule has 0 atom stereocenters. The van der Waals surface area contributed by atoms with E-state index in [1.807, 2.05) is 26.0 Å². The Balaban J connectivity index is 1.90. The van der Waals surface area contributed by atoms with Gasteiger partial charge in [0, 0.05) is 19.6 Å². The standard InChI is InChI=1S/C13H19NO2/c1-10(2)13(16)8-14(9-13)7-11-4-3-5-12(15)6-11/h3-6,10,15-16H,7-9H2,1-2H3. The predicted octanol–water partition coefficient (Wildman–Crippen LogP) is 1.59. The highest BCUT2D eigenvalue weighted by Crippen LogP contribution is 2.29. The van der Waals surface area contributed by atoms with Gasteiger partial charge in [-0.1, -0.05) is 26.0 Å². The van der Waals surface area contributed by atoms with E-state index in [0.717, 1.165) is 25.2 Å². The lowest BCUT2D eigenvalue weighted by molar-refractivity contribution is -0.130. The fourth-order valence-corrected chi connectivity index (χ4v) is 2.12. The lowest BCUT2D eigenvalue weighted by atomic mass is 9.83. The molecular formula is C13H19NO2. The Kier molecular flexibility index (Phi) is 2.91. The molecule has 0 unspecified atom stereocenters. The number of aliphatic hydroxyl groups is 1. The van der Waals surface area contributed by atoms with E-state index < -0.39 is 5.60 Å². The van der Waals surface area contributed by atoms with Crippen molar-refractivity contribution in [3.63, 3.8) is 0 Å². The van der Waals surface area contributed by atoms with Gasteiger partial charge >= 0.3 is 0 Å². The second kappa shape index (κ2) is 4.07. The molecule has 3 heteroatoms. The minimum absolute atomic E-state index is 0.299. The summed E-state index contributed by atoms with van der Waals surface area (Å²) in [5, 5.41) is 19.4. The summed E-state index contributed by atoms with van der Waals surface area (Å²) in [6.45, 7) is 6.33.